The van der Waals surface area contributed by atoms with Crippen LogP contribution in [0.1, 0.15) is 22.5 Å². The van der Waals surface area contributed by atoms with E-state index >= 15 is 0 Å². The van der Waals surface area contributed by atoms with Crippen molar-refractivity contribution in [2.24, 2.45) is 7.05 Å². The second kappa shape index (κ2) is 13.2. The van der Waals surface area contributed by atoms with Crippen LogP contribution in [-0.2, 0) is 23.1 Å². The van der Waals surface area contributed by atoms with Gasteiger partial charge in [-0.15, -0.1) is 21.5 Å². The zero-order chi connectivity index (χ0) is 30.6. The van der Waals surface area contributed by atoms with Crippen LogP contribution in [0.25, 0.3) is 21.0 Å². The molecule has 2 N–H and O–H groups in total. The number of hydrogen-bond donors (Lipinski definition) is 2. The summed E-state index contributed by atoms with van der Waals surface area (Å²) in [6.45, 7) is 4.01. The molecule has 0 saturated carbocycles. The molecule has 44 heavy (non-hydrogen) atoms. The third-order valence-corrected chi connectivity index (χ3v) is 10.3. The standard InChI is InChI=1S/C33H30N6O2S3/c1-20-11-13-26(21(2)15-20)35-31(41)19-43-33-36-27-14-12-24(17-28(27)44-33)34-30(40)18-42-32-38-37-29(39(32)3)16-23-9-6-8-22-7-4-5-10-25(22)23/h4-15,17H,16,18-19H2,1-3H3,(H,34,40)(H,35,41). The Morgan fingerprint density at radius 3 is 2.52 bits per heavy atom. The molecule has 2 aromatic heterocycles. The summed E-state index contributed by atoms with van der Waals surface area (Å²) < 4.78 is 3.69. The summed E-state index contributed by atoms with van der Waals surface area (Å²) in [6, 6.07) is 26.2. The van der Waals surface area contributed by atoms with Gasteiger partial charge in [0.1, 0.15) is 5.82 Å². The highest BCUT2D eigenvalue weighted by Crippen LogP contribution is 2.32. The van der Waals surface area contributed by atoms with Crippen molar-refractivity contribution in [2.45, 2.75) is 29.8 Å². The quantitative estimate of drug-likeness (QED) is 0.153. The van der Waals surface area contributed by atoms with Crippen LogP contribution in [0.3, 0.4) is 0 Å². The first-order valence-corrected chi connectivity index (χ1v) is 16.8. The fourth-order valence-electron chi connectivity index (χ4n) is 4.88. The van der Waals surface area contributed by atoms with Gasteiger partial charge < -0.3 is 15.2 Å². The van der Waals surface area contributed by atoms with Crippen LogP contribution in [0.2, 0.25) is 0 Å². The number of thioether (sulfide) groups is 2. The molecule has 0 aliphatic rings. The maximum absolute atomic E-state index is 12.8. The van der Waals surface area contributed by atoms with E-state index in [1.165, 1.54) is 51.2 Å². The molecule has 0 bridgehead atoms. The van der Waals surface area contributed by atoms with Crippen molar-refractivity contribution in [1.29, 1.82) is 0 Å². The summed E-state index contributed by atoms with van der Waals surface area (Å²) in [4.78, 5) is 30.0. The van der Waals surface area contributed by atoms with E-state index in [1.54, 1.807) is 0 Å². The Morgan fingerprint density at radius 2 is 1.66 bits per heavy atom. The van der Waals surface area contributed by atoms with Crippen molar-refractivity contribution in [3.63, 3.8) is 0 Å². The monoisotopic (exact) mass is 638 g/mol. The summed E-state index contributed by atoms with van der Waals surface area (Å²) in [6.07, 6.45) is 0.657. The van der Waals surface area contributed by atoms with E-state index in [1.807, 2.05) is 74.0 Å². The van der Waals surface area contributed by atoms with Crippen LogP contribution < -0.4 is 10.6 Å². The first kappa shape index (κ1) is 29.9. The molecule has 0 atom stereocenters. The second-order valence-electron chi connectivity index (χ2n) is 10.4. The van der Waals surface area contributed by atoms with Crippen LogP contribution in [0.15, 0.2) is 88.4 Å². The highest BCUT2D eigenvalue weighted by molar-refractivity contribution is 8.01. The number of fused-ring (bicyclic) bond motifs is 2. The van der Waals surface area contributed by atoms with Gasteiger partial charge in [0.2, 0.25) is 11.8 Å². The molecule has 6 aromatic rings. The van der Waals surface area contributed by atoms with Crippen molar-refractivity contribution in [1.82, 2.24) is 19.7 Å². The molecule has 0 saturated heterocycles. The van der Waals surface area contributed by atoms with Gasteiger partial charge in [0.15, 0.2) is 9.50 Å². The molecule has 0 unspecified atom stereocenters. The number of nitrogens with zero attached hydrogens (tertiary/aromatic N) is 4. The molecule has 0 spiro atoms. The molecular formula is C33H30N6O2S3. The van der Waals surface area contributed by atoms with Gasteiger partial charge in [-0.3, -0.25) is 9.59 Å². The zero-order valence-corrected chi connectivity index (χ0v) is 26.9. The summed E-state index contributed by atoms with van der Waals surface area (Å²) in [5.41, 5.74) is 5.74. The van der Waals surface area contributed by atoms with E-state index in [2.05, 4.69) is 56.1 Å². The van der Waals surface area contributed by atoms with Gasteiger partial charge in [-0.25, -0.2) is 4.98 Å². The molecule has 0 aliphatic heterocycles. The van der Waals surface area contributed by atoms with Crippen molar-refractivity contribution in [3.05, 3.63) is 101 Å². The first-order valence-electron chi connectivity index (χ1n) is 14.0. The van der Waals surface area contributed by atoms with Crippen LogP contribution >= 0.6 is 34.9 Å². The smallest absolute Gasteiger partial charge is 0.234 e. The lowest BCUT2D eigenvalue weighted by atomic mass is 10.0. The Bertz CT molecular complexity index is 2000. The topological polar surface area (TPSA) is 102 Å². The van der Waals surface area contributed by atoms with E-state index in [-0.39, 0.29) is 23.3 Å². The average molecular weight is 639 g/mol. The number of hydrogen-bond acceptors (Lipinski definition) is 8. The number of anilines is 2. The lowest BCUT2D eigenvalue weighted by Gasteiger charge is -2.08. The molecule has 0 radical (unpaired) electrons. The molecule has 2 amide bonds. The Hall–Kier alpha value is -4.19. The summed E-state index contributed by atoms with van der Waals surface area (Å²) in [5, 5.41) is 17.8. The molecule has 0 fully saturated rings. The Labute approximate surface area is 267 Å². The number of rotatable bonds is 10. The number of benzene rings is 4. The lowest BCUT2D eigenvalue weighted by Crippen LogP contribution is -2.14. The summed E-state index contributed by atoms with van der Waals surface area (Å²) in [5.74, 6) is 1.11. The minimum atomic E-state index is -0.130. The number of aryl methyl sites for hydroxylation is 2. The third-order valence-electron chi connectivity index (χ3n) is 7.12. The van der Waals surface area contributed by atoms with Crippen LogP contribution in [-0.4, -0.2) is 43.1 Å². The SMILES string of the molecule is Cc1ccc(NC(=O)CSc2nc3ccc(NC(=O)CSc4nnc(Cc5cccc6ccccc56)n4C)cc3s2)c(C)c1. The van der Waals surface area contributed by atoms with Crippen molar-refractivity contribution in [3.8, 4) is 0 Å². The van der Waals surface area contributed by atoms with Gasteiger partial charge in [0, 0.05) is 24.8 Å². The second-order valence-corrected chi connectivity index (χ2v) is 13.6. The van der Waals surface area contributed by atoms with E-state index in [0.717, 1.165) is 37.2 Å². The molecule has 2 heterocycles. The molecule has 11 heteroatoms. The molecular weight excluding hydrogens is 609 g/mol. The number of amides is 2. The van der Waals surface area contributed by atoms with Crippen LogP contribution in [0, 0.1) is 13.8 Å². The van der Waals surface area contributed by atoms with Gasteiger partial charge in [-0.2, -0.15) is 0 Å². The Balaban J connectivity index is 1.02. The fraction of sp³-hybridized carbons (Fsp3) is 0.182. The predicted molar refractivity (Wildman–Crippen MR) is 182 cm³/mol. The third kappa shape index (κ3) is 6.96. The van der Waals surface area contributed by atoms with Gasteiger partial charge in [0.25, 0.3) is 0 Å². The van der Waals surface area contributed by atoms with Gasteiger partial charge in [-0.05, 0) is 60.0 Å². The lowest BCUT2D eigenvalue weighted by molar-refractivity contribution is -0.114. The number of thiazole rings is 1. The minimum Gasteiger partial charge on any atom is -0.325 e. The van der Waals surface area contributed by atoms with Crippen LogP contribution in [0.4, 0.5) is 11.4 Å². The normalized spacial score (nSPS) is 11.2. The zero-order valence-electron chi connectivity index (χ0n) is 24.5. The van der Waals surface area contributed by atoms with E-state index in [9.17, 15) is 9.59 Å². The molecule has 222 valence electrons. The fourth-order valence-corrected chi connectivity index (χ4v) is 7.52. The summed E-state index contributed by atoms with van der Waals surface area (Å²) in [7, 11) is 1.93. The highest BCUT2D eigenvalue weighted by Gasteiger charge is 2.14. The molecule has 4 aromatic carbocycles. The number of carbonyl (C=O) groups excluding carboxylic acids is 2. The van der Waals surface area contributed by atoms with Crippen molar-refractivity contribution < 1.29 is 9.59 Å². The van der Waals surface area contributed by atoms with E-state index < -0.39 is 0 Å². The van der Waals surface area contributed by atoms with Gasteiger partial charge in [0.05, 0.1) is 21.7 Å². The molecule has 0 aliphatic carbocycles. The predicted octanol–water partition coefficient (Wildman–Crippen LogP) is 7.25. The average Bonchev–Trinajstić information content (AvgIpc) is 3.58. The first-order chi connectivity index (χ1) is 21.3. The van der Waals surface area contributed by atoms with Crippen molar-refractivity contribution >= 4 is 79.0 Å². The summed E-state index contributed by atoms with van der Waals surface area (Å²) >= 11 is 4.26. The Morgan fingerprint density at radius 1 is 0.864 bits per heavy atom. The Kier molecular flexibility index (Phi) is 8.96. The maximum atomic E-state index is 12.8. The molecule has 6 rings (SSSR count). The minimum absolute atomic E-state index is 0.0738. The maximum Gasteiger partial charge on any atom is 0.234 e. The number of aromatic nitrogens is 4. The van der Waals surface area contributed by atoms with Crippen molar-refractivity contribution in [2.75, 3.05) is 22.1 Å². The van der Waals surface area contributed by atoms with Gasteiger partial charge in [-0.1, -0.05) is 83.7 Å². The van der Waals surface area contributed by atoms with Gasteiger partial charge >= 0.3 is 0 Å². The van der Waals surface area contributed by atoms with E-state index in [0.29, 0.717) is 17.3 Å². The highest BCUT2D eigenvalue weighted by atomic mass is 32.2. The number of nitrogens with one attached hydrogen (secondary N) is 2. The molecule has 8 nitrogen and oxygen atoms in total. The number of carbonyl (C=O) groups is 2. The van der Waals surface area contributed by atoms with Crippen LogP contribution in [0.5, 0.6) is 0 Å². The van der Waals surface area contributed by atoms with E-state index in [4.69, 9.17) is 0 Å². The largest absolute Gasteiger partial charge is 0.325 e.